The maximum Gasteiger partial charge on any atom is 0.239 e. The van der Waals surface area contributed by atoms with Crippen LogP contribution in [0.2, 0.25) is 0 Å². The zero-order valence-corrected chi connectivity index (χ0v) is 17.7. The molecule has 3 aromatic rings. The predicted octanol–water partition coefficient (Wildman–Crippen LogP) is 3.90. The first-order valence-electron chi connectivity index (χ1n) is 8.86. The summed E-state index contributed by atoms with van der Waals surface area (Å²) in [6.07, 6.45) is 0. The van der Waals surface area contributed by atoms with E-state index >= 15 is 0 Å². The van der Waals surface area contributed by atoms with Gasteiger partial charge in [-0.05, 0) is 32.9 Å². The Morgan fingerprint density at radius 2 is 2.07 bits per heavy atom. The van der Waals surface area contributed by atoms with Gasteiger partial charge in [-0.2, -0.15) is 0 Å². The van der Waals surface area contributed by atoms with Gasteiger partial charge < -0.3 is 9.30 Å². The Kier molecular flexibility index (Phi) is 6.51. The molecule has 1 amide bonds. The van der Waals surface area contributed by atoms with Crippen LogP contribution in [-0.2, 0) is 16.1 Å². The molecule has 2 aromatic heterocycles. The maximum atomic E-state index is 12.9. The maximum absolute atomic E-state index is 12.9. The highest BCUT2D eigenvalue weighted by Gasteiger charge is 2.20. The van der Waals surface area contributed by atoms with E-state index in [2.05, 4.69) is 14.5 Å². The lowest BCUT2D eigenvalue weighted by molar-refractivity contribution is -0.116. The standard InChI is InChI=1S/C19H24N4O2S2/c1-5-22(19-21-15-8-6-7-9-16(15)27-19)17(24)12-26-18-20-13(2)14(3)23(18)10-11-25-4/h6-9H,5,10-12H2,1-4H3. The van der Waals surface area contributed by atoms with Crippen molar-refractivity contribution < 1.29 is 9.53 Å². The van der Waals surface area contributed by atoms with E-state index in [4.69, 9.17) is 4.74 Å². The quantitative estimate of drug-likeness (QED) is 0.533. The molecule has 3 rings (SSSR count). The number of anilines is 1. The van der Waals surface area contributed by atoms with E-state index in [1.165, 1.54) is 11.8 Å². The molecule has 144 valence electrons. The minimum atomic E-state index is 0.0400. The van der Waals surface area contributed by atoms with Crippen molar-refractivity contribution in [2.75, 3.05) is 30.9 Å². The van der Waals surface area contributed by atoms with E-state index in [0.29, 0.717) is 18.9 Å². The van der Waals surface area contributed by atoms with Crippen LogP contribution in [0.1, 0.15) is 18.3 Å². The lowest BCUT2D eigenvalue weighted by Gasteiger charge is -2.17. The van der Waals surface area contributed by atoms with Crippen molar-refractivity contribution in [3.63, 3.8) is 0 Å². The number of nitrogens with zero attached hydrogens (tertiary/aromatic N) is 4. The minimum absolute atomic E-state index is 0.0400. The summed E-state index contributed by atoms with van der Waals surface area (Å²) in [6.45, 7) is 7.95. The number of thioether (sulfide) groups is 1. The summed E-state index contributed by atoms with van der Waals surface area (Å²) < 4.78 is 8.40. The topological polar surface area (TPSA) is 60.2 Å². The summed E-state index contributed by atoms with van der Waals surface area (Å²) in [5.74, 6) is 0.366. The molecule has 0 aliphatic rings. The number of carbonyl (C=O) groups excluding carboxylic acids is 1. The zero-order chi connectivity index (χ0) is 19.4. The second kappa shape index (κ2) is 8.86. The van der Waals surface area contributed by atoms with E-state index in [-0.39, 0.29) is 5.91 Å². The number of benzene rings is 1. The second-order valence-corrected chi connectivity index (χ2v) is 8.05. The molecule has 0 spiro atoms. The molecule has 0 saturated carbocycles. The molecule has 0 atom stereocenters. The van der Waals surface area contributed by atoms with E-state index in [9.17, 15) is 4.79 Å². The number of para-hydroxylation sites is 1. The minimum Gasteiger partial charge on any atom is -0.383 e. The first kappa shape index (κ1) is 19.9. The van der Waals surface area contributed by atoms with Crippen LogP contribution in [0.25, 0.3) is 10.2 Å². The Morgan fingerprint density at radius 1 is 1.30 bits per heavy atom. The molecule has 8 heteroatoms. The lowest BCUT2D eigenvalue weighted by Crippen LogP contribution is -2.32. The van der Waals surface area contributed by atoms with Gasteiger partial charge in [0.2, 0.25) is 5.91 Å². The largest absolute Gasteiger partial charge is 0.383 e. The number of rotatable bonds is 8. The molecule has 2 heterocycles. The lowest BCUT2D eigenvalue weighted by atomic mass is 10.3. The number of hydrogen-bond acceptors (Lipinski definition) is 6. The fraction of sp³-hybridized carbons (Fsp3) is 0.421. The average Bonchev–Trinajstić information content (AvgIpc) is 3.20. The third-order valence-electron chi connectivity index (χ3n) is 4.40. The smallest absolute Gasteiger partial charge is 0.239 e. The summed E-state index contributed by atoms with van der Waals surface area (Å²) in [6, 6.07) is 7.95. The number of methoxy groups -OCH3 is 1. The van der Waals surface area contributed by atoms with Gasteiger partial charge >= 0.3 is 0 Å². The Hall–Kier alpha value is -1.90. The van der Waals surface area contributed by atoms with Crippen molar-refractivity contribution in [3.8, 4) is 0 Å². The first-order chi connectivity index (χ1) is 13.0. The first-order valence-corrected chi connectivity index (χ1v) is 10.7. The summed E-state index contributed by atoms with van der Waals surface area (Å²) >= 11 is 3.02. The van der Waals surface area contributed by atoms with Gasteiger partial charge in [0, 0.05) is 25.9 Å². The zero-order valence-electron chi connectivity index (χ0n) is 16.1. The number of ether oxygens (including phenoxy) is 1. The van der Waals surface area contributed by atoms with Gasteiger partial charge in [0.1, 0.15) is 0 Å². The number of thiazole rings is 1. The van der Waals surface area contributed by atoms with Gasteiger partial charge in [0.05, 0.1) is 28.3 Å². The van der Waals surface area contributed by atoms with Crippen LogP contribution in [0, 0.1) is 13.8 Å². The van der Waals surface area contributed by atoms with Crippen LogP contribution in [0.4, 0.5) is 5.13 Å². The van der Waals surface area contributed by atoms with Crippen molar-refractivity contribution in [1.82, 2.24) is 14.5 Å². The third kappa shape index (κ3) is 4.34. The molecule has 27 heavy (non-hydrogen) atoms. The number of aromatic nitrogens is 3. The molecule has 1 aromatic carbocycles. The summed E-state index contributed by atoms with van der Waals surface area (Å²) in [5.41, 5.74) is 3.03. The van der Waals surface area contributed by atoms with Gasteiger partial charge in [0.15, 0.2) is 10.3 Å². The fourth-order valence-corrected chi connectivity index (χ4v) is 4.82. The van der Waals surface area contributed by atoms with E-state index in [0.717, 1.165) is 38.4 Å². The monoisotopic (exact) mass is 404 g/mol. The Labute approximate surface area is 167 Å². The third-order valence-corrected chi connectivity index (χ3v) is 6.42. The highest BCUT2D eigenvalue weighted by atomic mass is 32.2. The average molecular weight is 405 g/mol. The van der Waals surface area contributed by atoms with E-state index in [1.54, 1.807) is 23.3 Å². The summed E-state index contributed by atoms with van der Waals surface area (Å²) in [7, 11) is 1.69. The number of imidazole rings is 1. The van der Waals surface area contributed by atoms with Gasteiger partial charge in [-0.25, -0.2) is 9.97 Å². The van der Waals surface area contributed by atoms with Crippen LogP contribution in [-0.4, -0.2) is 46.5 Å². The van der Waals surface area contributed by atoms with Gasteiger partial charge in [-0.1, -0.05) is 35.2 Å². The predicted molar refractivity (Wildman–Crippen MR) is 112 cm³/mol. The highest BCUT2D eigenvalue weighted by molar-refractivity contribution is 7.99. The van der Waals surface area contributed by atoms with Crippen molar-refractivity contribution in [2.45, 2.75) is 32.5 Å². The molecule has 6 nitrogen and oxygen atoms in total. The number of fused-ring (bicyclic) bond motifs is 1. The molecular formula is C19H24N4O2S2. The molecular weight excluding hydrogens is 380 g/mol. The van der Waals surface area contributed by atoms with Gasteiger partial charge in [-0.3, -0.25) is 9.69 Å². The van der Waals surface area contributed by atoms with Crippen LogP contribution in [0.15, 0.2) is 29.4 Å². The van der Waals surface area contributed by atoms with E-state index in [1.807, 2.05) is 45.0 Å². The van der Waals surface area contributed by atoms with Crippen molar-refractivity contribution in [1.29, 1.82) is 0 Å². The highest BCUT2D eigenvalue weighted by Crippen LogP contribution is 2.29. The molecule has 0 unspecified atom stereocenters. The summed E-state index contributed by atoms with van der Waals surface area (Å²) in [4.78, 5) is 23.8. The Bertz CT molecular complexity index is 902. The molecule has 0 fully saturated rings. The Morgan fingerprint density at radius 3 is 2.78 bits per heavy atom. The number of amides is 1. The fourth-order valence-electron chi connectivity index (χ4n) is 2.78. The van der Waals surface area contributed by atoms with Gasteiger partial charge in [0.25, 0.3) is 0 Å². The number of carbonyl (C=O) groups is 1. The molecule has 0 N–H and O–H groups in total. The van der Waals surface area contributed by atoms with Crippen LogP contribution in [0.5, 0.6) is 0 Å². The molecule has 0 bridgehead atoms. The van der Waals surface area contributed by atoms with Crippen LogP contribution >= 0.6 is 23.1 Å². The summed E-state index contributed by atoms with van der Waals surface area (Å²) in [5, 5.41) is 1.61. The number of aryl methyl sites for hydroxylation is 1. The van der Waals surface area contributed by atoms with E-state index < -0.39 is 0 Å². The molecule has 0 aliphatic heterocycles. The van der Waals surface area contributed by atoms with Crippen molar-refractivity contribution >= 4 is 44.4 Å². The van der Waals surface area contributed by atoms with Gasteiger partial charge in [-0.15, -0.1) is 0 Å². The van der Waals surface area contributed by atoms with Crippen LogP contribution in [0.3, 0.4) is 0 Å². The van der Waals surface area contributed by atoms with Crippen LogP contribution < -0.4 is 4.90 Å². The van der Waals surface area contributed by atoms with Crippen molar-refractivity contribution in [3.05, 3.63) is 35.7 Å². The normalized spacial score (nSPS) is 11.3. The Balaban J connectivity index is 1.73. The molecule has 0 radical (unpaired) electrons. The molecule has 0 aliphatic carbocycles. The van der Waals surface area contributed by atoms with Crippen molar-refractivity contribution in [2.24, 2.45) is 0 Å². The second-order valence-electron chi connectivity index (χ2n) is 6.10. The number of hydrogen-bond donors (Lipinski definition) is 0. The SMILES string of the molecule is CCN(C(=O)CSc1nc(C)c(C)n1CCOC)c1nc2ccccc2s1. The molecule has 0 saturated heterocycles.